The molecule has 0 N–H and O–H groups in total. The van der Waals surface area contributed by atoms with E-state index in [0.717, 1.165) is 11.5 Å². The topological polar surface area (TPSA) is 15.7 Å². The predicted molar refractivity (Wildman–Crippen MR) is 401 cm³/mol. The maximum absolute atomic E-state index is 7.53. The number of rotatable bonds is 13. The van der Waals surface area contributed by atoms with Gasteiger partial charge in [-0.05, 0) is 183 Å². The summed E-state index contributed by atoms with van der Waals surface area (Å²) in [6.45, 7) is 48.3. The van der Waals surface area contributed by atoms with Crippen molar-refractivity contribution in [3.63, 3.8) is 0 Å². The highest BCUT2D eigenvalue weighted by Crippen LogP contribution is 2.49. The summed E-state index contributed by atoms with van der Waals surface area (Å²) >= 11 is 0. The third-order valence-corrected chi connectivity index (χ3v) is 21.8. The van der Waals surface area contributed by atoms with Crippen LogP contribution in [0.1, 0.15) is 253 Å². The van der Waals surface area contributed by atoms with Gasteiger partial charge in [0, 0.05) is 40.2 Å². The molecule has 0 saturated heterocycles. The molecule has 0 fully saturated rings. The van der Waals surface area contributed by atoms with E-state index in [1.54, 1.807) is 0 Å². The molecule has 0 saturated carbocycles. The van der Waals surface area contributed by atoms with E-state index < -0.39 is 0 Å². The number of anilines is 6. The zero-order chi connectivity index (χ0) is 64.2. The molecule has 0 atom stereocenters. The molecule has 0 aromatic heterocycles. The van der Waals surface area contributed by atoms with Crippen LogP contribution in [0.3, 0.4) is 0 Å². The van der Waals surface area contributed by atoms with Crippen LogP contribution in [0.4, 0.5) is 34.1 Å². The largest absolute Gasteiger partial charge is 0.458 e. The molecule has 0 radical (unpaired) electrons. The molecule has 7 heteroatoms. The minimum atomic E-state index is -0.116. The number of ether oxygens (including phenoxy) is 1. The highest BCUT2D eigenvalue weighted by Gasteiger charge is 2.55. The Kier molecular flexibility index (Phi) is 15.3. The van der Waals surface area contributed by atoms with Crippen LogP contribution in [0.25, 0.3) is 0 Å². The molecule has 5 aliphatic heterocycles. The lowest BCUT2D eigenvalue weighted by Crippen LogP contribution is -2.73. The Balaban J connectivity index is 1.21. The molecule has 0 aliphatic carbocycles. The third kappa shape index (κ3) is 9.28. The lowest BCUT2D eigenvalue weighted by molar-refractivity contribution is 0.487. The summed E-state index contributed by atoms with van der Waals surface area (Å²) in [7, 11) is 0. The molecule has 14 rings (SSSR count). The third-order valence-electron chi connectivity index (χ3n) is 21.8. The number of fused-ring (bicyclic) bond motifs is 12. The van der Waals surface area contributed by atoms with Crippen molar-refractivity contribution >= 4 is 127 Å². The van der Waals surface area contributed by atoms with Crippen LogP contribution in [0.5, 0.6) is 11.5 Å². The fraction of sp³-hybridized carbons (Fsp3) is 0.357. The van der Waals surface area contributed by atoms with Crippen molar-refractivity contribution in [3.05, 3.63) is 201 Å². The molecular weight excluding hydrogens is 1100 g/mol. The van der Waals surface area contributed by atoms with E-state index in [1.165, 1.54) is 155 Å². The van der Waals surface area contributed by atoms with Gasteiger partial charge in [0.25, 0.3) is 13.4 Å². The maximum atomic E-state index is 7.53. The van der Waals surface area contributed by atoms with Crippen molar-refractivity contribution in [2.45, 2.75) is 198 Å². The van der Waals surface area contributed by atoms with Gasteiger partial charge in [0.2, 0.25) is 13.4 Å². The predicted octanol–water partition coefficient (Wildman–Crippen LogP) is 15.3. The van der Waals surface area contributed by atoms with E-state index in [4.69, 9.17) is 4.74 Å². The van der Waals surface area contributed by atoms with Crippen LogP contribution < -0.4 is 80.1 Å². The number of para-hydroxylation sites is 4. The Bertz CT molecular complexity index is 4340. The highest BCUT2D eigenvalue weighted by atomic mass is 16.5. The number of benzene rings is 9. The summed E-state index contributed by atoms with van der Waals surface area (Å²) in [5, 5.41) is 0. The van der Waals surface area contributed by atoms with Crippen LogP contribution in [-0.2, 0) is 0 Å². The van der Waals surface area contributed by atoms with Crippen molar-refractivity contribution in [1.82, 2.24) is 0 Å². The summed E-state index contributed by atoms with van der Waals surface area (Å²) in [5.74, 6) is 5.02. The van der Waals surface area contributed by atoms with E-state index in [-0.39, 0.29) is 44.6 Å². The van der Waals surface area contributed by atoms with Gasteiger partial charge in [0.15, 0.2) is 0 Å². The molecule has 3 nitrogen and oxygen atoms in total. The number of nitrogens with zero attached hydrogens (tertiary/aromatic N) is 2. The molecule has 0 unspecified atom stereocenters. The average Bonchev–Trinajstić information content (AvgIpc) is 0.660. The first-order valence-corrected chi connectivity index (χ1v) is 35.1. The minimum Gasteiger partial charge on any atom is -0.458 e. The van der Waals surface area contributed by atoms with E-state index >= 15 is 0 Å². The van der Waals surface area contributed by atoms with E-state index in [9.17, 15) is 0 Å². The van der Waals surface area contributed by atoms with Gasteiger partial charge in [-0.2, -0.15) is 0 Å². The molecule has 9 aromatic carbocycles. The van der Waals surface area contributed by atoms with Gasteiger partial charge in [-0.15, -0.1) is 0 Å². The monoisotopic (exact) mass is 1190 g/mol. The SMILES string of the molecule is CC(C)c1cc(C(C)C)c(B2c3ccccc3Oc3cc4c(cc32)B2c3ccccc3N3c5ccccc5B(c5c(C(C)C)cc(C(C)C)cc5C(C)C)c5c(C(C)C)c6c(c2c53)N4c2ccccc2B6c2c(C(C)C)cc(C(C)C)cc2C(C)C)c(C(C)C)c1. The quantitative estimate of drug-likeness (QED) is 0.107. The first kappa shape index (κ1) is 61.2. The fourth-order valence-corrected chi connectivity index (χ4v) is 17.5. The Morgan fingerprint density at radius 2 is 0.571 bits per heavy atom. The lowest BCUT2D eigenvalue weighted by atomic mass is 9.24. The standard InChI is InChI=1S/C84H94B4N2O/c1-45(2)55-37-58(48(7)8)77(59(38-55)49(9)10)86-67-32-24-28-36-74(67)91-75-44-73-68(43-69(75)86)85-64-29-21-25-33-70(64)89-71-34-26-22-30-65(71)87(78-60(50(11)12)39-56(46(3)4)40-61(78)51(13)14)80-76(54(19)20)81-84(82(85)83(80)89)90(73)72-35-27-23-31-66(72)88(81)79-62(52(15)16)41-57(47(5)6)42-63(79)53(17)18/h21-54H,1-20H3. The van der Waals surface area contributed by atoms with Gasteiger partial charge < -0.3 is 14.5 Å². The van der Waals surface area contributed by atoms with Gasteiger partial charge in [-0.25, -0.2) is 0 Å². The molecule has 0 spiro atoms. The van der Waals surface area contributed by atoms with Crippen LogP contribution in [0, 0.1) is 0 Å². The van der Waals surface area contributed by atoms with Gasteiger partial charge >= 0.3 is 0 Å². The number of hydrogen-bond acceptors (Lipinski definition) is 3. The fourth-order valence-electron chi connectivity index (χ4n) is 17.5. The van der Waals surface area contributed by atoms with Crippen LogP contribution >= 0.6 is 0 Å². The van der Waals surface area contributed by atoms with Crippen molar-refractivity contribution in [2.24, 2.45) is 0 Å². The Hall–Kier alpha value is -7.36. The highest BCUT2D eigenvalue weighted by molar-refractivity contribution is 7.07. The van der Waals surface area contributed by atoms with Gasteiger partial charge in [0.1, 0.15) is 11.5 Å². The molecule has 0 amide bonds. The Morgan fingerprint density at radius 3 is 0.934 bits per heavy atom. The summed E-state index contributed by atoms with van der Waals surface area (Å²) in [4.78, 5) is 5.56. The first-order valence-electron chi connectivity index (χ1n) is 35.1. The molecule has 9 aromatic rings. The van der Waals surface area contributed by atoms with Gasteiger partial charge in [0.05, 0.1) is 0 Å². The molecule has 5 heterocycles. The van der Waals surface area contributed by atoms with Gasteiger partial charge in [-0.1, -0.05) is 276 Å². The van der Waals surface area contributed by atoms with E-state index in [2.05, 4.69) is 294 Å². The minimum absolute atomic E-state index is 0.0519. The zero-order valence-corrected chi connectivity index (χ0v) is 58.2. The maximum Gasteiger partial charge on any atom is 0.252 e. The molecule has 91 heavy (non-hydrogen) atoms. The molecule has 5 aliphatic rings. The second-order valence-electron chi connectivity index (χ2n) is 30.9. The average molecular weight is 1190 g/mol. The van der Waals surface area contributed by atoms with Gasteiger partial charge in [-0.3, -0.25) is 0 Å². The molecule has 0 bridgehead atoms. The van der Waals surface area contributed by atoms with E-state index in [0.29, 0.717) is 41.4 Å². The lowest BCUT2D eigenvalue weighted by Gasteiger charge is -2.53. The summed E-state index contributed by atoms with van der Waals surface area (Å²) in [6, 6.07) is 58.6. The molecule has 458 valence electrons. The Labute approximate surface area is 548 Å². The summed E-state index contributed by atoms with van der Waals surface area (Å²) < 4.78 is 7.53. The van der Waals surface area contributed by atoms with E-state index in [1.807, 2.05) is 0 Å². The van der Waals surface area contributed by atoms with Crippen molar-refractivity contribution in [3.8, 4) is 11.5 Å². The smallest absolute Gasteiger partial charge is 0.252 e. The summed E-state index contributed by atoms with van der Waals surface area (Å²) in [5.41, 5.74) is 39.2. The second kappa shape index (κ2) is 22.7. The normalized spacial score (nSPS) is 14.2. The summed E-state index contributed by atoms with van der Waals surface area (Å²) in [6.07, 6.45) is 0. The van der Waals surface area contributed by atoms with Crippen LogP contribution in [-0.4, -0.2) is 26.9 Å². The van der Waals surface area contributed by atoms with Crippen molar-refractivity contribution < 1.29 is 4.74 Å². The number of hydrogen-bond donors (Lipinski definition) is 0. The van der Waals surface area contributed by atoms with Crippen LogP contribution in [0.2, 0.25) is 0 Å². The Morgan fingerprint density at radius 1 is 0.253 bits per heavy atom. The molecular formula is C84H94B4N2O. The van der Waals surface area contributed by atoms with Crippen molar-refractivity contribution in [1.29, 1.82) is 0 Å². The second-order valence-corrected chi connectivity index (χ2v) is 30.9. The van der Waals surface area contributed by atoms with Crippen molar-refractivity contribution in [2.75, 3.05) is 9.80 Å². The first-order chi connectivity index (χ1) is 43.5. The van der Waals surface area contributed by atoms with Crippen LogP contribution in [0.15, 0.2) is 146 Å². The zero-order valence-electron chi connectivity index (χ0n) is 58.2.